The molecular weight excluding hydrogens is 248 g/mol. The Bertz CT molecular complexity index is 335. The van der Waals surface area contributed by atoms with Crippen molar-refractivity contribution in [3.8, 4) is 0 Å². The molecule has 96 valence electrons. The van der Waals surface area contributed by atoms with Gasteiger partial charge in [-0.25, -0.2) is 4.79 Å². The third kappa shape index (κ3) is 3.60. The van der Waals surface area contributed by atoms with Crippen molar-refractivity contribution < 1.29 is 24.6 Å². The number of hydrogen-bond acceptors (Lipinski definition) is 5. The molecule has 0 bridgehead atoms. The molecule has 1 saturated heterocycles. The average molecular weight is 262 g/mol. The van der Waals surface area contributed by atoms with Crippen molar-refractivity contribution >= 4 is 29.6 Å². The van der Waals surface area contributed by atoms with Crippen LogP contribution in [-0.2, 0) is 14.4 Å². The summed E-state index contributed by atoms with van der Waals surface area (Å²) >= 11 is 1.34. The van der Waals surface area contributed by atoms with E-state index >= 15 is 0 Å². The number of hydrogen-bond donors (Lipinski definition) is 3. The number of amides is 1. The minimum atomic E-state index is -1.06. The molecule has 0 aliphatic carbocycles. The number of aliphatic carboxylic acids is 2. The second kappa shape index (κ2) is 5.87. The summed E-state index contributed by atoms with van der Waals surface area (Å²) in [5.74, 6) is -1.96. The molecule has 0 spiro atoms. The molecule has 1 rings (SSSR count). The summed E-state index contributed by atoms with van der Waals surface area (Å²) in [5, 5.41) is 17.4. The molecule has 1 aliphatic heterocycles. The number of carboxylic acids is 2. The standard InChI is InChI=1S/C9H14N2O5S/c10-5(1-2-7(12)13)8(14)11-4-17-3-6(11)9(15)16/h5-6H,1-4,10H2,(H,12,13)(H,15,16). The molecule has 1 fully saturated rings. The molecule has 4 N–H and O–H groups in total. The molecule has 0 aromatic heterocycles. The van der Waals surface area contributed by atoms with Gasteiger partial charge in [0.1, 0.15) is 6.04 Å². The normalized spacial score (nSPS) is 21.2. The van der Waals surface area contributed by atoms with Crippen LogP contribution in [0.15, 0.2) is 0 Å². The van der Waals surface area contributed by atoms with Crippen LogP contribution in [-0.4, -0.2) is 56.7 Å². The zero-order chi connectivity index (χ0) is 13.0. The molecule has 0 saturated carbocycles. The molecule has 1 aliphatic rings. The van der Waals surface area contributed by atoms with Crippen LogP contribution in [0.5, 0.6) is 0 Å². The lowest BCUT2D eigenvalue weighted by atomic mass is 10.1. The van der Waals surface area contributed by atoms with E-state index in [4.69, 9.17) is 15.9 Å². The van der Waals surface area contributed by atoms with E-state index in [0.29, 0.717) is 5.75 Å². The number of nitrogens with two attached hydrogens (primary N) is 1. The number of rotatable bonds is 5. The van der Waals surface area contributed by atoms with E-state index in [0.717, 1.165) is 0 Å². The Morgan fingerprint density at radius 3 is 2.59 bits per heavy atom. The number of carbonyl (C=O) groups excluding carboxylic acids is 1. The molecule has 2 atom stereocenters. The summed E-state index contributed by atoms with van der Waals surface area (Å²) in [7, 11) is 0. The third-order valence-electron chi connectivity index (χ3n) is 2.44. The van der Waals surface area contributed by atoms with Gasteiger partial charge in [0.2, 0.25) is 5.91 Å². The first-order chi connectivity index (χ1) is 7.93. The lowest BCUT2D eigenvalue weighted by molar-refractivity contribution is -0.148. The van der Waals surface area contributed by atoms with Crippen molar-refractivity contribution in [3.05, 3.63) is 0 Å². The summed E-state index contributed by atoms with van der Waals surface area (Å²) in [6.07, 6.45) is -0.187. The highest BCUT2D eigenvalue weighted by molar-refractivity contribution is 7.99. The maximum absolute atomic E-state index is 11.8. The van der Waals surface area contributed by atoms with Crippen LogP contribution in [0.4, 0.5) is 0 Å². The smallest absolute Gasteiger partial charge is 0.327 e. The van der Waals surface area contributed by atoms with Gasteiger partial charge in [0.05, 0.1) is 11.9 Å². The maximum Gasteiger partial charge on any atom is 0.327 e. The van der Waals surface area contributed by atoms with Crippen molar-refractivity contribution in [2.24, 2.45) is 5.73 Å². The van der Waals surface area contributed by atoms with Crippen LogP contribution in [0, 0.1) is 0 Å². The number of carbonyl (C=O) groups is 3. The summed E-state index contributed by atoms with van der Waals surface area (Å²) in [5.41, 5.74) is 5.55. The second-order valence-electron chi connectivity index (χ2n) is 3.70. The Labute approximate surface area is 102 Å². The highest BCUT2D eigenvalue weighted by Crippen LogP contribution is 2.22. The summed E-state index contributed by atoms with van der Waals surface area (Å²) in [4.78, 5) is 34.2. The largest absolute Gasteiger partial charge is 0.481 e. The Kier molecular flexibility index (Phi) is 4.76. The SMILES string of the molecule is NC(CCC(=O)O)C(=O)N1CSCC1C(=O)O. The van der Waals surface area contributed by atoms with Crippen LogP contribution < -0.4 is 5.73 Å². The van der Waals surface area contributed by atoms with Crippen molar-refractivity contribution in [3.63, 3.8) is 0 Å². The highest BCUT2D eigenvalue weighted by Gasteiger charge is 2.36. The second-order valence-corrected chi connectivity index (χ2v) is 4.70. The predicted octanol–water partition coefficient (Wildman–Crippen LogP) is -0.835. The van der Waals surface area contributed by atoms with Crippen LogP contribution in [0.2, 0.25) is 0 Å². The Hall–Kier alpha value is -1.28. The Morgan fingerprint density at radius 1 is 1.41 bits per heavy atom. The monoisotopic (exact) mass is 262 g/mol. The van der Waals surface area contributed by atoms with E-state index in [9.17, 15) is 14.4 Å². The Balaban J connectivity index is 2.56. The van der Waals surface area contributed by atoms with Crippen LogP contribution in [0.1, 0.15) is 12.8 Å². The zero-order valence-electron chi connectivity index (χ0n) is 9.04. The third-order valence-corrected chi connectivity index (χ3v) is 3.45. The lowest BCUT2D eigenvalue weighted by Gasteiger charge is -2.23. The number of nitrogens with zero attached hydrogens (tertiary/aromatic N) is 1. The summed E-state index contributed by atoms with van der Waals surface area (Å²) in [6.45, 7) is 0. The van der Waals surface area contributed by atoms with Crippen LogP contribution in [0.3, 0.4) is 0 Å². The van der Waals surface area contributed by atoms with Gasteiger partial charge in [-0.15, -0.1) is 11.8 Å². The van der Waals surface area contributed by atoms with Gasteiger partial charge in [-0.05, 0) is 6.42 Å². The van der Waals surface area contributed by atoms with Gasteiger partial charge in [-0.3, -0.25) is 9.59 Å². The molecule has 0 aromatic rings. The van der Waals surface area contributed by atoms with Gasteiger partial charge in [0.25, 0.3) is 0 Å². The average Bonchev–Trinajstić information content (AvgIpc) is 2.73. The quantitative estimate of drug-likeness (QED) is 0.591. The fourth-order valence-corrected chi connectivity index (χ4v) is 2.63. The van der Waals surface area contributed by atoms with Gasteiger partial charge < -0.3 is 20.8 Å². The van der Waals surface area contributed by atoms with Crippen molar-refractivity contribution in [1.82, 2.24) is 4.90 Å². The molecule has 2 unspecified atom stereocenters. The minimum absolute atomic E-state index is 0.0155. The van der Waals surface area contributed by atoms with Crippen LogP contribution in [0.25, 0.3) is 0 Å². The van der Waals surface area contributed by atoms with E-state index in [1.165, 1.54) is 16.7 Å². The molecule has 17 heavy (non-hydrogen) atoms. The molecule has 1 amide bonds. The molecule has 0 aromatic carbocycles. The maximum atomic E-state index is 11.8. The van der Waals surface area contributed by atoms with E-state index in [2.05, 4.69) is 0 Å². The first kappa shape index (κ1) is 13.8. The fraction of sp³-hybridized carbons (Fsp3) is 0.667. The first-order valence-corrected chi connectivity index (χ1v) is 6.17. The topological polar surface area (TPSA) is 121 Å². The first-order valence-electron chi connectivity index (χ1n) is 5.02. The van der Waals surface area contributed by atoms with E-state index in [1.807, 2.05) is 0 Å². The van der Waals surface area contributed by atoms with Gasteiger partial charge in [-0.2, -0.15) is 0 Å². The van der Waals surface area contributed by atoms with E-state index in [1.54, 1.807) is 0 Å². The fourth-order valence-electron chi connectivity index (χ4n) is 1.48. The highest BCUT2D eigenvalue weighted by atomic mass is 32.2. The molecular formula is C9H14N2O5S. The molecule has 0 radical (unpaired) electrons. The van der Waals surface area contributed by atoms with E-state index in [-0.39, 0.29) is 18.7 Å². The number of carboxylic acid groups (broad SMARTS) is 2. The molecule has 1 heterocycles. The molecule has 8 heteroatoms. The van der Waals surface area contributed by atoms with Crippen molar-refractivity contribution in [2.45, 2.75) is 24.9 Å². The Morgan fingerprint density at radius 2 is 2.06 bits per heavy atom. The minimum Gasteiger partial charge on any atom is -0.481 e. The summed E-state index contributed by atoms with van der Waals surface area (Å²) in [6, 6.07) is -1.81. The number of thioether (sulfide) groups is 1. The van der Waals surface area contributed by atoms with Crippen molar-refractivity contribution in [2.75, 3.05) is 11.6 Å². The van der Waals surface area contributed by atoms with Gasteiger partial charge in [0.15, 0.2) is 0 Å². The van der Waals surface area contributed by atoms with Gasteiger partial charge in [-0.1, -0.05) is 0 Å². The summed E-state index contributed by atoms with van der Waals surface area (Å²) < 4.78 is 0. The predicted molar refractivity (Wildman–Crippen MR) is 60.4 cm³/mol. The van der Waals surface area contributed by atoms with Crippen molar-refractivity contribution in [1.29, 1.82) is 0 Å². The van der Waals surface area contributed by atoms with Gasteiger partial charge in [0, 0.05) is 12.2 Å². The molecule has 7 nitrogen and oxygen atoms in total. The van der Waals surface area contributed by atoms with Gasteiger partial charge >= 0.3 is 11.9 Å². The lowest BCUT2D eigenvalue weighted by Crippen LogP contribution is -2.49. The zero-order valence-corrected chi connectivity index (χ0v) is 9.85. The van der Waals surface area contributed by atoms with E-state index < -0.39 is 29.9 Å². The van der Waals surface area contributed by atoms with Crippen LogP contribution >= 0.6 is 11.8 Å².